The van der Waals surface area contributed by atoms with Crippen LogP contribution in [0.25, 0.3) is 0 Å². The van der Waals surface area contributed by atoms with Gasteiger partial charge in [0.1, 0.15) is 0 Å². The Kier molecular flexibility index (Phi) is 1.20. The van der Waals surface area contributed by atoms with Gasteiger partial charge in [0.2, 0.25) is 5.91 Å². The molecule has 2 atom stereocenters. The second-order valence-electron chi connectivity index (χ2n) is 3.61. The van der Waals surface area contributed by atoms with Gasteiger partial charge in [-0.05, 0) is 6.08 Å². The third-order valence-electron chi connectivity index (χ3n) is 2.81. The number of hydrogen-bond acceptors (Lipinski definition) is 2. The summed E-state index contributed by atoms with van der Waals surface area (Å²) < 4.78 is 0. The summed E-state index contributed by atoms with van der Waals surface area (Å²) in [5.41, 5.74) is 1.08. The monoisotopic (exact) mass is 174 g/mol. The van der Waals surface area contributed by atoms with E-state index < -0.39 is 0 Å². The molecule has 0 spiro atoms. The topological polar surface area (TPSA) is 32.3 Å². The molecule has 13 heavy (non-hydrogen) atoms. The van der Waals surface area contributed by atoms with E-state index in [2.05, 4.69) is 16.3 Å². The van der Waals surface area contributed by atoms with Gasteiger partial charge in [-0.15, -0.1) is 0 Å². The number of amides is 1. The number of nitrogens with one attached hydrogen (secondary N) is 1. The molecule has 0 bridgehead atoms. The van der Waals surface area contributed by atoms with E-state index in [-0.39, 0.29) is 5.91 Å². The van der Waals surface area contributed by atoms with Crippen LogP contribution < -0.4 is 5.32 Å². The number of hydrogen-bond donors (Lipinski definition) is 1. The van der Waals surface area contributed by atoms with Crippen molar-refractivity contribution in [2.45, 2.75) is 12.5 Å². The fourth-order valence-electron chi connectivity index (χ4n) is 2.20. The van der Waals surface area contributed by atoms with Crippen molar-refractivity contribution in [3.8, 4) is 0 Å². The van der Waals surface area contributed by atoms with Crippen molar-refractivity contribution in [2.75, 3.05) is 0 Å². The first kappa shape index (κ1) is 6.95. The standard InChI is InChI=1S/C10H10N2O/c13-10-5-7-8(11-10)6-12-4-2-1-3-9(7)12/h1-4,6-7,9H,5H2,(H,11,13). The number of carbonyl (C=O) groups is 1. The van der Waals surface area contributed by atoms with Crippen LogP contribution in [0.1, 0.15) is 6.42 Å². The first-order chi connectivity index (χ1) is 6.34. The highest BCUT2D eigenvalue weighted by Gasteiger charge is 2.39. The smallest absolute Gasteiger partial charge is 0.224 e. The fourth-order valence-corrected chi connectivity index (χ4v) is 2.20. The highest BCUT2D eigenvalue weighted by atomic mass is 16.1. The molecule has 1 amide bonds. The van der Waals surface area contributed by atoms with E-state index in [1.807, 2.05) is 24.6 Å². The van der Waals surface area contributed by atoms with Gasteiger partial charge in [-0.2, -0.15) is 0 Å². The minimum Gasteiger partial charge on any atom is -0.345 e. The zero-order valence-electron chi connectivity index (χ0n) is 7.10. The molecule has 0 aliphatic carbocycles. The Morgan fingerprint density at radius 3 is 3.31 bits per heavy atom. The van der Waals surface area contributed by atoms with E-state index in [9.17, 15) is 4.79 Å². The summed E-state index contributed by atoms with van der Waals surface area (Å²) in [5, 5.41) is 2.88. The molecule has 0 aromatic heterocycles. The van der Waals surface area contributed by atoms with Crippen LogP contribution in [-0.2, 0) is 4.79 Å². The summed E-state index contributed by atoms with van der Waals surface area (Å²) in [6, 6.07) is 0.360. The Hall–Kier alpha value is -1.51. The molecule has 3 nitrogen and oxygen atoms in total. The molecule has 3 aliphatic rings. The van der Waals surface area contributed by atoms with E-state index in [0.29, 0.717) is 18.4 Å². The van der Waals surface area contributed by atoms with Gasteiger partial charge in [0.05, 0.1) is 6.04 Å². The van der Waals surface area contributed by atoms with Crippen LogP contribution in [-0.4, -0.2) is 16.8 Å². The molecule has 3 heterocycles. The quantitative estimate of drug-likeness (QED) is 0.587. The van der Waals surface area contributed by atoms with Crippen molar-refractivity contribution in [3.05, 3.63) is 36.3 Å². The van der Waals surface area contributed by atoms with Crippen molar-refractivity contribution < 1.29 is 4.79 Å². The van der Waals surface area contributed by atoms with Gasteiger partial charge in [0, 0.05) is 30.4 Å². The summed E-state index contributed by atoms with van der Waals surface area (Å²) in [6.45, 7) is 0. The van der Waals surface area contributed by atoms with Crippen LogP contribution in [0.3, 0.4) is 0 Å². The van der Waals surface area contributed by atoms with E-state index in [1.165, 1.54) is 0 Å². The average molecular weight is 174 g/mol. The molecular weight excluding hydrogens is 164 g/mol. The number of rotatable bonds is 0. The molecular formula is C10H10N2O. The molecule has 0 aromatic rings. The molecule has 3 rings (SSSR count). The Bertz CT molecular complexity index is 354. The van der Waals surface area contributed by atoms with Gasteiger partial charge in [0.15, 0.2) is 0 Å². The van der Waals surface area contributed by atoms with Gasteiger partial charge in [-0.3, -0.25) is 4.79 Å². The van der Waals surface area contributed by atoms with Gasteiger partial charge >= 0.3 is 0 Å². The summed E-state index contributed by atoms with van der Waals surface area (Å²) >= 11 is 0. The molecule has 0 aromatic carbocycles. The zero-order chi connectivity index (χ0) is 8.84. The summed E-state index contributed by atoms with van der Waals surface area (Å²) in [5.74, 6) is 0.507. The van der Waals surface area contributed by atoms with Gasteiger partial charge in [-0.1, -0.05) is 12.2 Å². The molecule has 1 saturated heterocycles. The summed E-state index contributed by atoms with van der Waals surface area (Å²) in [6.07, 6.45) is 10.9. The van der Waals surface area contributed by atoms with Crippen LogP contribution in [0.15, 0.2) is 36.3 Å². The predicted octanol–water partition coefficient (Wildman–Crippen LogP) is 0.732. The first-order valence-corrected chi connectivity index (χ1v) is 4.48. The van der Waals surface area contributed by atoms with Crippen LogP contribution >= 0.6 is 0 Å². The predicted molar refractivity (Wildman–Crippen MR) is 48.2 cm³/mol. The normalized spacial score (nSPS) is 34.3. The number of fused-ring (bicyclic) bond motifs is 3. The van der Waals surface area contributed by atoms with Crippen molar-refractivity contribution >= 4 is 5.91 Å². The number of carbonyl (C=O) groups excluding carboxylic acids is 1. The summed E-state index contributed by atoms with van der Waals surface area (Å²) in [4.78, 5) is 13.3. The molecule has 1 N–H and O–H groups in total. The molecule has 3 heteroatoms. The van der Waals surface area contributed by atoms with Gasteiger partial charge in [0.25, 0.3) is 0 Å². The highest BCUT2D eigenvalue weighted by Crippen LogP contribution is 2.35. The van der Waals surface area contributed by atoms with E-state index >= 15 is 0 Å². The molecule has 3 aliphatic heterocycles. The minimum absolute atomic E-state index is 0.152. The average Bonchev–Trinajstić information content (AvgIpc) is 2.60. The Morgan fingerprint density at radius 2 is 2.38 bits per heavy atom. The maximum Gasteiger partial charge on any atom is 0.224 e. The largest absolute Gasteiger partial charge is 0.345 e. The van der Waals surface area contributed by atoms with Crippen LogP contribution in [0, 0.1) is 5.92 Å². The Labute approximate surface area is 76.4 Å². The lowest BCUT2D eigenvalue weighted by molar-refractivity contribution is -0.119. The van der Waals surface area contributed by atoms with E-state index in [4.69, 9.17) is 0 Å². The third kappa shape index (κ3) is 0.869. The van der Waals surface area contributed by atoms with Crippen molar-refractivity contribution in [1.82, 2.24) is 10.2 Å². The number of nitrogens with zero attached hydrogens (tertiary/aromatic N) is 1. The third-order valence-corrected chi connectivity index (χ3v) is 2.81. The molecule has 1 fully saturated rings. The maximum atomic E-state index is 11.1. The lowest BCUT2D eigenvalue weighted by atomic mass is 9.97. The van der Waals surface area contributed by atoms with Crippen LogP contribution in [0.5, 0.6) is 0 Å². The second-order valence-corrected chi connectivity index (χ2v) is 3.61. The van der Waals surface area contributed by atoms with Gasteiger partial charge < -0.3 is 10.2 Å². The first-order valence-electron chi connectivity index (χ1n) is 4.48. The van der Waals surface area contributed by atoms with Crippen LogP contribution in [0.4, 0.5) is 0 Å². The Morgan fingerprint density at radius 1 is 1.46 bits per heavy atom. The van der Waals surface area contributed by atoms with Crippen molar-refractivity contribution in [2.24, 2.45) is 5.92 Å². The van der Waals surface area contributed by atoms with Crippen molar-refractivity contribution in [1.29, 1.82) is 0 Å². The number of allylic oxidation sites excluding steroid dienone is 2. The summed E-state index contributed by atoms with van der Waals surface area (Å²) in [7, 11) is 0. The van der Waals surface area contributed by atoms with E-state index in [0.717, 1.165) is 5.70 Å². The Balaban J connectivity index is 1.98. The zero-order valence-corrected chi connectivity index (χ0v) is 7.10. The van der Waals surface area contributed by atoms with E-state index in [1.54, 1.807) is 0 Å². The SMILES string of the molecule is O=C1CC2C(=CN3C=CC=CC23)N1. The lowest BCUT2D eigenvalue weighted by Crippen LogP contribution is -2.27. The van der Waals surface area contributed by atoms with Crippen LogP contribution in [0.2, 0.25) is 0 Å². The van der Waals surface area contributed by atoms with Crippen molar-refractivity contribution in [3.63, 3.8) is 0 Å². The molecule has 0 saturated carbocycles. The van der Waals surface area contributed by atoms with Gasteiger partial charge in [-0.25, -0.2) is 0 Å². The minimum atomic E-state index is 0.152. The highest BCUT2D eigenvalue weighted by molar-refractivity contribution is 5.82. The maximum absolute atomic E-state index is 11.1. The second kappa shape index (κ2) is 2.25. The fraction of sp³-hybridized carbons (Fsp3) is 0.300. The molecule has 2 unspecified atom stereocenters. The lowest BCUT2D eigenvalue weighted by Gasteiger charge is -2.24. The molecule has 66 valence electrons. The molecule has 0 radical (unpaired) electrons.